The van der Waals surface area contributed by atoms with Gasteiger partial charge in [0.1, 0.15) is 5.82 Å². The minimum atomic E-state index is -2.39. The quantitative estimate of drug-likeness (QED) is 0.757. The molecule has 0 bridgehead atoms. The number of nitrogens with two attached hydrogens (primary N) is 1. The molecule has 1 aromatic rings. The number of carbonyl (C=O) groups is 1. The Morgan fingerprint density at radius 2 is 2.15 bits per heavy atom. The van der Waals surface area contributed by atoms with Crippen LogP contribution in [0.15, 0.2) is 18.2 Å². The van der Waals surface area contributed by atoms with Crippen LogP contribution in [0, 0.1) is 5.82 Å². The van der Waals surface area contributed by atoms with E-state index < -0.39 is 12.2 Å². The van der Waals surface area contributed by atoms with Crippen LogP contribution in [-0.4, -0.2) is 37.4 Å². The molecule has 0 atom stereocenters. The van der Waals surface area contributed by atoms with Crippen LogP contribution in [0.4, 0.5) is 24.5 Å². The normalized spacial score (nSPS) is 11.1. The molecule has 3 N–H and O–H groups in total. The predicted octanol–water partition coefficient (Wildman–Crippen LogP) is 2.32. The zero-order chi connectivity index (χ0) is 15.1. The largest absolute Gasteiger partial charge is 0.399 e. The summed E-state index contributed by atoms with van der Waals surface area (Å²) >= 11 is 0. The highest BCUT2D eigenvalue weighted by Gasteiger charge is 2.10. The van der Waals surface area contributed by atoms with Crippen LogP contribution in [0.25, 0.3) is 0 Å². The highest BCUT2D eigenvalue weighted by molar-refractivity contribution is 5.91. The Labute approximate surface area is 115 Å². The third kappa shape index (κ3) is 5.92. The van der Waals surface area contributed by atoms with Crippen molar-refractivity contribution in [1.82, 2.24) is 4.90 Å². The number of amides is 1. The zero-order valence-electron chi connectivity index (χ0n) is 11.2. The summed E-state index contributed by atoms with van der Waals surface area (Å²) in [6, 6.07) is 3.89. The maximum Gasteiger partial charge on any atom is 0.251 e. The van der Waals surface area contributed by atoms with Crippen LogP contribution < -0.4 is 11.1 Å². The minimum Gasteiger partial charge on any atom is -0.399 e. The van der Waals surface area contributed by atoms with Crippen molar-refractivity contribution in [3.05, 3.63) is 24.0 Å². The third-order valence-corrected chi connectivity index (χ3v) is 2.66. The molecule has 7 heteroatoms. The molecule has 0 saturated carbocycles. The summed E-state index contributed by atoms with van der Waals surface area (Å²) in [4.78, 5) is 13.0. The molecular formula is C13H18F3N3O. The number of nitrogens with zero attached hydrogens (tertiary/aromatic N) is 1. The molecule has 0 fully saturated rings. The standard InChI is InChI=1S/C13H18F3N3O/c1-19(8-12(15)16)6-2-3-13(20)18-11-7-9(17)4-5-10(11)14/h4-5,7,12H,2-3,6,8,17H2,1H3,(H,18,20). The highest BCUT2D eigenvalue weighted by atomic mass is 19.3. The molecule has 0 unspecified atom stereocenters. The number of nitrogen functional groups attached to an aromatic ring is 1. The Morgan fingerprint density at radius 3 is 2.80 bits per heavy atom. The molecule has 0 aliphatic carbocycles. The molecule has 0 heterocycles. The van der Waals surface area contributed by atoms with Gasteiger partial charge >= 0.3 is 0 Å². The van der Waals surface area contributed by atoms with E-state index in [1.807, 2.05) is 0 Å². The first-order valence-corrected chi connectivity index (χ1v) is 6.20. The average molecular weight is 289 g/mol. The van der Waals surface area contributed by atoms with Crippen molar-refractivity contribution < 1.29 is 18.0 Å². The molecular weight excluding hydrogens is 271 g/mol. The van der Waals surface area contributed by atoms with Gasteiger partial charge in [-0.2, -0.15) is 0 Å². The van der Waals surface area contributed by atoms with Gasteiger partial charge in [-0.3, -0.25) is 4.79 Å². The Kier molecular flexibility index (Phi) is 6.30. The zero-order valence-corrected chi connectivity index (χ0v) is 11.2. The van der Waals surface area contributed by atoms with Gasteiger partial charge in [0.05, 0.1) is 12.2 Å². The van der Waals surface area contributed by atoms with E-state index in [-0.39, 0.29) is 24.6 Å². The molecule has 20 heavy (non-hydrogen) atoms. The van der Waals surface area contributed by atoms with Crippen molar-refractivity contribution in [3.63, 3.8) is 0 Å². The lowest BCUT2D eigenvalue weighted by atomic mass is 10.2. The predicted molar refractivity (Wildman–Crippen MR) is 72.2 cm³/mol. The second kappa shape index (κ2) is 7.74. The van der Waals surface area contributed by atoms with Crippen molar-refractivity contribution >= 4 is 17.3 Å². The summed E-state index contributed by atoms with van der Waals surface area (Å²) in [7, 11) is 1.56. The summed E-state index contributed by atoms with van der Waals surface area (Å²) in [5.41, 5.74) is 5.86. The fraction of sp³-hybridized carbons (Fsp3) is 0.462. The number of alkyl halides is 2. The SMILES string of the molecule is CN(CCCC(=O)Nc1cc(N)ccc1F)CC(F)F. The van der Waals surface area contributed by atoms with Gasteiger partial charge in [-0.15, -0.1) is 0 Å². The molecule has 0 spiro atoms. The van der Waals surface area contributed by atoms with Gasteiger partial charge in [-0.25, -0.2) is 13.2 Å². The van der Waals surface area contributed by atoms with Crippen LogP contribution in [0.2, 0.25) is 0 Å². The summed E-state index contributed by atoms with van der Waals surface area (Å²) < 4.78 is 37.5. The van der Waals surface area contributed by atoms with Crippen LogP contribution in [-0.2, 0) is 4.79 Å². The first-order valence-electron chi connectivity index (χ1n) is 6.20. The van der Waals surface area contributed by atoms with E-state index in [9.17, 15) is 18.0 Å². The van der Waals surface area contributed by atoms with E-state index in [4.69, 9.17) is 5.73 Å². The lowest BCUT2D eigenvalue weighted by Crippen LogP contribution is -2.26. The third-order valence-electron chi connectivity index (χ3n) is 2.66. The van der Waals surface area contributed by atoms with Gasteiger partial charge in [0.25, 0.3) is 6.43 Å². The maximum absolute atomic E-state index is 13.4. The Bertz CT molecular complexity index is 454. The molecule has 4 nitrogen and oxygen atoms in total. The smallest absolute Gasteiger partial charge is 0.251 e. The van der Waals surface area contributed by atoms with Crippen LogP contribution >= 0.6 is 0 Å². The Hall–Kier alpha value is -1.76. The van der Waals surface area contributed by atoms with E-state index in [0.717, 1.165) is 0 Å². The van der Waals surface area contributed by atoms with Gasteiger partial charge in [0.15, 0.2) is 0 Å². The maximum atomic E-state index is 13.4. The van der Waals surface area contributed by atoms with Gasteiger partial charge in [0, 0.05) is 12.1 Å². The Balaban J connectivity index is 2.35. The summed E-state index contributed by atoms with van der Waals surface area (Å²) in [5.74, 6) is -0.942. The Morgan fingerprint density at radius 1 is 1.45 bits per heavy atom. The summed E-state index contributed by atoms with van der Waals surface area (Å²) in [6.45, 7) is 0.0443. The highest BCUT2D eigenvalue weighted by Crippen LogP contribution is 2.17. The topological polar surface area (TPSA) is 58.4 Å². The average Bonchev–Trinajstić information content (AvgIpc) is 2.33. The number of nitrogens with one attached hydrogen (secondary N) is 1. The van der Waals surface area contributed by atoms with Gasteiger partial charge in [0.2, 0.25) is 5.91 Å². The van der Waals surface area contributed by atoms with Crippen molar-refractivity contribution in [2.24, 2.45) is 0 Å². The van der Waals surface area contributed by atoms with E-state index in [1.165, 1.54) is 23.1 Å². The number of anilines is 2. The lowest BCUT2D eigenvalue weighted by molar-refractivity contribution is -0.116. The minimum absolute atomic E-state index is 0.0240. The first-order chi connectivity index (χ1) is 9.38. The fourth-order valence-electron chi connectivity index (χ4n) is 1.69. The van der Waals surface area contributed by atoms with Gasteiger partial charge < -0.3 is 16.0 Å². The van der Waals surface area contributed by atoms with E-state index in [2.05, 4.69) is 5.32 Å². The monoisotopic (exact) mass is 289 g/mol. The first kappa shape index (κ1) is 16.3. The molecule has 0 aliphatic heterocycles. The second-order valence-corrected chi connectivity index (χ2v) is 4.54. The van der Waals surface area contributed by atoms with E-state index in [0.29, 0.717) is 18.7 Å². The van der Waals surface area contributed by atoms with E-state index in [1.54, 1.807) is 7.05 Å². The molecule has 0 saturated heterocycles. The number of hydrogen-bond donors (Lipinski definition) is 2. The lowest BCUT2D eigenvalue weighted by Gasteiger charge is -2.15. The van der Waals surface area contributed by atoms with Gasteiger partial charge in [-0.05, 0) is 38.2 Å². The van der Waals surface area contributed by atoms with Crippen molar-refractivity contribution in [2.45, 2.75) is 19.3 Å². The fourth-order valence-corrected chi connectivity index (χ4v) is 1.69. The second-order valence-electron chi connectivity index (χ2n) is 4.54. The van der Waals surface area contributed by atoms with Crippen molar-refractivity contribution in [3.8, 4) is 0 Å². The van der Waals surface area contributed by atoms with Gasteiger partial charge in [-0.1, -0.05) is 0 Å². The molecule has 0 radical (unpaired) electrons. The number of rotatable bonds is 7. The summed E-state index contributed by atoms with van der Waals surface area (Å²) in [5, 5.41) is 2.40. The number of benzene rings is 1. The van der Waals surface area contributed by atoms with E-state index >= 15 is 0 Å². The van der Waals surface area contributed by atoms with Crippen LogP contribution in [0.5, 0.6) is 0 Å². The molecule has 0 aliphatic rings. The van der Waals surface area contributed by atoms with Crippen LogP contribution in [0.1, 0.15) is 12.8 Å². The van der Waals surface area contributed by atoms with Crippen molar-refractivity contribution in [1.29, 1.82) is 0 Å². The molecule has 112 valence electrons. The molecule has 1 amide bonds. The van der Waals surface area contributed by atoms with Crippen LogP contribution in [0.3, 0.4) is 0 Å². The molecule has 0 aromatic heterocycles. The summed E-state index contributed by atoms with van der Waals surface area (Å²) in [6.07, 6.45) is -1.85. The number of carbonyl (C=O) groups excluding carboxylic acids is 1. The van der Waals surface area contributed by atoms with Crippen molar-refractivity contribution in [2.75, 3.05) is 31.2 Å². The molecule has 1 aromatic carbocycles. The number of hydrogen-bond acceptors (Lipinski definition) is 3. The molecule has 1 rings (SSSR count). The number of halogens is 3.